The van der Waals surface area contributed by atoms with E-state index in [0.29, 0.717) is 5.49 Å². The molecule has 2 heterocycles. The van der Waals surface area contributed by atoms with Crippen molar-refractivity contribution >= 4 is 11.0 Å². The number of aromatic nitrogens is 3. The van der Waals surface area contributed by atoms with Gasteiger partial charge in [-0.2, -0.15) is 0 Å². The molecule has 0 atom stereocenters. The Morgan fingerprint density at radius 2 is 1.62 bits per heavy atom. The first-order valence-electron chi connectivity index (χ1n) is 10.5. The van der Waals surface area contributed by atoms with Gasteiger partial charge in [-0.1, -0.05) is 67.6 Å². The smallest absolute Gasteiger partial charge is 0.146 e. The second-order valence-electron chi connectivity index (χ2n) is 7.99. The first-order chi connectivity index (χ1) is 14.3. The lowest BCUT2D eigenvalue weighted by Crippen LogP contribution is -2.21. The third kappa shape index (κ3) is 3.19. The lowest BCUT2D eigenvalue weighted by Gasteiger charge is -2.12. The van der Waals surface area contributed by atoms with Gasteiger partial charge in [-0.3, -0.25) is 5.41 Å². The fourth-order valence-electron chi connectivity index (χ4n) is 4.22. The van der Waals surface area contributed by atoms with Crippen LogP contribution in [-0.2, 0) is 13.1 Å². The van der Waals surface area contributed by atoms with E-state index < -0.39 is 0 Å². The number of fused-ring (bicyclic) bond motifs is 1. The number of nitrogens with one attached hydrogen (secondary N) is 1. The molecular weight excluding hydrogens is 356 g/mol. The summed E-state index contributed by atoms with van der Waals surface area (Å²) in [5.74, 6) is 0.718. The van der Waals surface area contributed by atoms with E-state index in [9.17, 15) is 0 Å². The largest absolute Gasteiger partial charge is 0.324 e. The monoisotopic (exact) mass is 382 g/mol. The summed E-state index contributed by atoms with van der Waals surface area (Å²) in [6, 6.07) is 21.1. The van der Waals surface area contributed by atoms with Gasteiger partial charge in [-0.15, -0.1) is 0 Å². The van der Waals surface area contributed by atoms with Gasteiger partial charge in [-0.25, -0.2) is 4.98 Å². The molecule has 4 heteroatoms. The molecule has 146 valence electrons. The van der Waals surface area contributed by atoms with Crippen molar-refractivity contribution in [3.8, 4) is 22.4 Å². The van der Waals surface area contributed by atoms with Crippen molar-refractivity contribution in [2.24, 2.45) is 5.92 Å². The van der Waals surface area contributed by atoms with Crippen LogP contribution in [0.1, 0.15) is 26.2 Å². The average molecular weight is 383 g/mol. The second kappa shape index (κ2) is 7.36. The number of hydrogen-bond donors (Lipinski definition) is 1. The van der Waals surface area contributed by atoms with Crippen molar-refractivity contribution in [1.29, 1.82) is 5.41 Å². The Kier molecular flexibility index (Phi) is 4.55. The van der Waals surface area contributed by atoms with Crippen molar-refractivity contribution in [3.05, 3.63) is 72.5 Å². The van der Waals surface area contributed by atoms with E-state index >= 15 is 0 Å². The minimum atomic E-state index is 0.558. The van der Waals surface area contributed by atoms with Crippen LogP contribution in [0.4, 0.5) is 0 Å². The zero-order chi connectivity index (χ0) is 19.8. The molecule has 1 saturated carbocycles. The zero-order valence-corrected chi connectivity index (χ0v) is 16.8. The van der Waals surface area contributed by atoms with Crippen LogP contribution in [0, 0.1) is 11.3 Å². The lowest BCUT2D eigenvalue weighted by molar-refractivity contribution is 0.622. The molecule has 0 spiro atoms. The highest BCUT2D eigenvalue weighted by Gasteiger charge is 2.28. The number of rotatable bonds is 6. The molecule has 0 bridgehead atoms. The average Bonchev–Trinajstić information content (AvgIpc) is 3.52. The fraction of sp³-hybridized carbons (Fsp3) is 0.280. The van der Waals surface area contributed by atoms with Gasteiger partial charge >= 0.3 is 0 Å². The van der Waals surface area contributed by atoms with Crippen LogP contribution in [0.3, 0.4) is 0 Å². The quantitative estimate of drug-likeness (QED) is 0.472. The van der Waals surface area contributed by atoms with E-state index in [1.54, 1.807) is 0 Å². The lowest BCUT2D eigenvalue weighted by atomic mass is 9.99. The van der Waals surface area contributed by atoms with Crippen LogP contribution in [0.25, 0.3) is 33.4 Å². The molecule has 0 amide bonds. The number of benzene rings is 2. The van der Waals surface area contributed by atoms with Gasteiger partial charge in [0.1, 0.15) is 11.1 Å². The Balaban J connectivity index is 1.91. The molecule has 0 aliphatic heterocycles. The van der Waals surface area contributed by atoms with Crippen molar-refractivity contribution in [3.63, 3.8) is 0 Å². The molecule has 0 saturated heterocycles. The molecule has 2 aromatic carbocycles. The molecular formula is C25H26N4. The summed E-state index contributed by atoms with van der Waals surface area (Å²) in [6.07, 6.45) is 5.40. The first kappa shape index (κ1) is 17.9. The summed E-state index contributed by atoms with van der Waals surface area (Å²) in [5, 5.41) is 9.98. The molecule has 4 aromatic rings. The minimum absolute atomic E-state index is 0.558. The van der Waals surface area contributed by atoms with E-state index in [1.807, 2.05) is 17.0 Å². The van der Waals surface area contributed by atoms with Gasteiger partial charge in [0.2, 0.25) is 0 Å². The maximum Gasteiger partial charge on any atom is 0.146 e. The molecule has 1 fully saturated rings. The van der Waals surface area contributed by atoms with Crippen LogP contribution in [0.15, 0.2) is 67.0 Å². The van der Waals surface area contributed by atoms with Crippen LogP contribution < -0.4 is 5.49 Å². The van der Waals surface area contributed by atoms with Crippen LogP contribution in [0.5, 0.6) is 0 Å². The Labute approximate surface area is 171 Å². The van der Waals surface area contributed by atoms with Crippen LogP contribution >= 0.6 is 0 Å². The molecule has 0 radical (unpaired) electrons. The van der Waals surface area contributed by atoms with Gasteiger partial charge in [0.15, 0.2) is 0 Å². The Morgan fingerprint density at radius 1 is 0.966 bits per heavy atom. The van der Waals surface area contributed by atoms with E-state index in [0.717, 1.165) is 47.6 Å². The van der Waals surface area contributed by atoms with Gasteiger partial charge < -0.3 is 9.13 Å². The van der Waals surface area contributed by atoms with Crippen molar-refractivity contribution in [1.82, 2.24) is 14.1 Å². The Morgan fingerprint density at radius 3 is 2.24 bits per heavy atom. The molecule has 2 aromatic heterocycles. The second-order valence-corrected chi connectivity index (χ2v) is 7.99. The van der Waals surface area contributed by atoms with Crippen molar-refractivity contribution in [2.75, 3.05) is 0 Å². The summed E-state index contributed by atoms with van der Waals surface area (Å²) in [4.78, 5) is 4.88. The minimum Gasteiger partial charge on any atom is -0.324 e. The van der Waals surface area contributed by atoms with Gasteiger partial charge in [0.05, 0.1) is 17.4 Å². The van der Waals surface area contributed by atoms with E-state index in [1.165, 1.54) is 24.1 Å². The maximum absolute atomic E-state index is 9.01. The highest BCUT2D eigenvalue weighted by molar-refractivity contribution is 6.02. The molecule has 29 heavy (non-hydrogen) atoms. The Hall–Kier alpha value is -3.14. The van der Waals surface area contributed by atoms with Crippen molar-refractivity contribution < 1.29 is 0 Å². The summed E-state index contributed by atoms with van der Waals surface area (Å²) in [6.45, 7) is 3.92. The van der Waals surface area contributed by atoms with E-state index in [-0.39, 0.29) is 0 Å². The third-order valence-electron chi connectivity index (χ3n) is 5.79. The molecule has 4 nitrogen and oxygen atoms in total. The van der Waals surface area contributed by atoms with Gasteiger partial charge in [0, 0.05) is 18.7 Å². The number of aryl methyl sites for hydroxylation is 1. The summed E-state index contributed by atoms with van der Waals surface area (Å²) in [5.41, 5.74) is 6.15. The normalized spacial score (nSPS) is 13.8. The number of hydrogen-bond acceptors (Lipinski definition) is 2. The predicted molar refractivity (Wildman–Crippen MR) is 117 cm³/mol. The molecule has 0 unspecified atom stereocenters. The van der Waals surface area contributed by atoms with E-state index in [2.05, 4.69) is 66.1 Å². The van der Waals surface area contributed by atoms with Crippen LogP contribution in [0.2, 0.25) is 0 Å². The van der Waals surface area contributed by atoms with Crippen LogP contribution in [-0.4, -0.2) is 14.1 Å². The van der Waals surface area contributed by atoms with Crippen molar-refractivity contribution in [2.45, 2.75) is 39.3 Å². The highest BCUT2D eigenvalue weighted by atomic mass is 15.1. The Bertz CT molecular complexity index is 1200. The molecule has 5 rings (SSSR count). The first-order valence-corrected chi connectivity index (χ1v) is 10.5. The topological polar surface area (TPSA) is 46.6 Å². The van der Waals surface area contributed by atoms with Gasteiger partial charge in [0.25, 0.3) is 0 Å². The van der Waals surface area contributed by atoms with Gasteiger partial charge in [-0.05, 0) is 36.3 Å². The molecule has 1 N–H and O–H groups in total. The van der Waals surface area contributed by atoms with E-state index in [4.69, 9.17) is 10.4 Å². The molecule has 1 aliphatic rings. The summed E-state index contributed by atoms with van der Waals surface area (Å²) < 4.78 is 4.35. The molecule has 1 aliphatic carbocycles. The SMILES string of the molecule is CCCn1cnc2c(c(-c3ccccc3)c(-c3ccccc3)n2CC2CC2)c1=N. The number of nitrogens with zero attached hydrogens (tertiary/aromatic N) is 3. The predicted octanol–water partition coefficient (Wildman–Crippen LogP) is 5.47. The standard InChI is InChI=1S/C25H26N4/c1-2-15-28-17-27-25-22(24(28)26)21(19-9-5-3-6-10-19)23(20-11-7-4-8-12-20)29(25)16-18-13-14-18/h3-12,17-18,26H,2,13-16H2,1H3. The zero-order valence-electron chi connectivity index (χ0n) is 16.8. The summed E-state index contributed by atoms with van der Waals surface area (Å²) in [7, 11) is 0. The fourth-order valence-corrected chi connectivity index (χ4v) is 4.22. The third-order valence-corrected chi connectivity index (χ3v) is 5.79. The maximum atomic E-state index is 9.01. The highest BCUT2D eigenvalue weighted by Crippen LogP contribution is 2.41. The summed E-state index contributed by atoms with van der Waals surface area (Å²) >= 11 is 0.